The average Bonchev–Trinajstić information content (AvgIpc) is 2.98. The first kappa shape index (κ1) is 17.5. The smallest absolute Gasteiger partial charge is 0.251 e. The molecule has 1 heterocycles. The van der Waals surface area contributed by atoms with Gasteiger partial charge in [-0.3, -0.25) is 9.59 Å². The summed E-state index contributed by atoms with van der Waals surface area (Å²) in [7, 11) is 0. The normalized spacial score (nSPS) is 18.6. The molecule has 0 aliphatic carbocycles. The van der Waals surface area contributed by atoms with Gasteiger partial charge < -0.3 is 15.3 Å². The van der Waals surface area contributed by atoms with Gasteiger partial charge in [0.15, 0.2) is 0 Å². The fourth-order valence-corrected chi connectivity index (χ4v) is 2.71. The van der Waals surface area contributed by atoms with Gasteiger partial charge in [-0.1, -0.05) is 26.3 Å². The SMILES string of the molecule is CCC(C)C(C)(O)CNC(=O)c1cccc(N2CCCC2=O)c1. The monoisotopic (exact) mass is 318 g/mol. The van der Waals surface area contributed by atoms with Crippen LogP contribution in [-0.2, 0) is 4.79 Å². The van der Waals surface area contributed by atoms with E-state index in [0.717, 1.165) is 18.5 Å². The lowest BCUT2D eigenvalue weighted by Crippen LogP contribution is -2.45. The summed E-state index contributed by atoms with van der Waals surface area (Å²) in [6.07, 6.45) is 2.26. The third-order valence-electron chi connectivity index (χ3n) is 4.77. The number of carbonyl (C=O) groups is 2. The second-order valence-electron chi connectivity index (χ2n) is 6.55. The lowest BCUT2D eigenvalue weighted by Gasteiger charge is -2.29. The number of benzene rings is 1. The van der Waals surface area contributed by atoms with Crippen molar-refractivity contribution in [1.29, 1.82) is 0 Å². The van der Waals surface area contributed by atoms with Gasteiger partial charge in [0.05, 0.1) is 5.60 Å². The summed E-state index contributed by atoms with van der Waals surface area (Å²) < 4.78 is 0. The summed E-state index contributed by atoms with van der Waals surface area (Å²) in [5.74, 6) is -0.0410. The van der Waals surface area contributed by atoms with Crippen LogP contribution in [0.3, 0.4) is 0 Å². The lowest BCUT2D eigenvalue weighted by atomic mass is 9.88. The van der Waals surface area contributed by atoms with Crippen molar-refractivity contribution in [3.8, 4) is 0 Å². The minimum absolute atomic E-state index is 0.0938. The quantitative estimate of drug-likeness (QED) is 0.846. The number of amides is 2. The van der Waals surface area contributed by atoms with Crippen molar-refractivity contribution in [1.82, 2.24) is 5.32 Å². The van der Waals surface area contributed by atoms with Crippen LogP contribution >= 0.6 is 0 Å². The molecule has 2 atom stereocenters. The number of nitrogens with zero attached hydrogens (tertiary/aromatic N) is 1. The lowest BCUT2D eigenvalue weighted by molar-refractivity contribution is -0.117. The van der Waals surface area contributed by atoms with E-state index in [4.69, 9.17) is 0 Å². The van der Waals surface area contributed by atoms with E-state index >= 15 is 0 Å². The molecule has 0 spiro atoms. The molecule has 23 heavy (non-hydrogen) atoms. The van der Waals surface area contributed by atoms with Gasteiger partial charge in [0.25, 0.3) is 5.91 Å². The van der Waals surface area contributed by atoms with Gasteiger partial charge >= 0.3 is 0 Å². The fraction of sp³-hybridized carbons (Fsp3) is 0.556. The second-order valence-corrected chi connectivity index (χ2v) is 6.55. The Bertz CT molecular complexity index is 583. The minimum atomic E-state index is -0.938. The van der Waals surface area contributed by atoms with Gasteiger partial charge in [-0.05, 0) is 37.5 Å². The Balaban J connectivity index is 2.04. The molecule has 126 valence electrons. The largest absolute Gasteiger partial charge is 0.388 e. The average molecular weight is 318 g/mol. The predicted octanol–water partition coefficient (Wildman–Crippen LogP) is 2.34. The van der Waals surface area contributed by atoms with E-state index in [9.17, 15) is 14.7 Å². The fourth-order valence-electron chi connectivity index (χ4n) is 2.71. The van der Waals surface area contributed by atoms with Crippen LogP contribution < -0.4 is 10.2 Å². The third kappa shape index (κ3) is 4.10. The molecule has 1 aliphatic heterocycles. The molecule has 1 aliphatic rings. The highest BCUT2D eigenvalue weighted by molar-refractivity contribution is 5.99. The van der Waals surface area contributed by atoms with Crippen LogP contribution in [0.15, 0.2) is 24.3 Å². The van der Waals surface area contributed by atoms with E-state index in [-0.39, 0.29) is 24.3 Å². The zero-order valence-electron chi connectivity index (χ0n) is 14.1. The molecule has 1 fully saturated rings. The number of hydrogen-bond donors (Lipinski definition) is 2. The second kappa shape index (κ2) is 7.13. The molecule has 0 bridgehead atoms. The van der Waals surface area contributed by atoms with E-state index in [1.54, 1.807) is 30.0 Å². The molecule has 0 aromatic heterocycles. The molecule has 2 amide bonds. The first-order valence-electron chi connectivity index (χ1n) is 8.26. The Morgan fingerprint density at radius 1 is 1.48 bits per heavy atom. The topological polar surface area (TPSA) is 69.6 Å². The maximum Gasteiger partial charge on any atom is 0.251 e. The van der Waals surface area contributed by atoms with Crippen molar-refractivity contribution in [2.24, 2.45) is 5.92 Å². The Hall–Kier alpha value is -1.88. The van der Waals surface area contributed by atoms with Crippen molar-refractivity contribution in [2.45, 2.75) is 45.6 Å². The van der Waals surface area contributed by atoms with Crippen LogP contribution in [0.4, 0.5) is 5.69 Å². The van der Waals surface area contributed by atoms with Gasteiger partial charge in [-0.15, -0.1) is 0 Å². The minimum Gasteiger partial charge on any atom is -0.388 e. The first-order valence-corrected chi connectivity index (χ1v) is 8.26. The van der Waals surface area contributed by atoms with Gasteiger partial charge in [0, 0.05) is 30.8 Å². The Labute approximate surface area is 137 Å². The number of anilines is 1. The van der Waals surface area contributed by atoms with Crippen molar-refractivity contribution in [3.63, 3.8) is 0 Å². The van der Waals surface area contributed by atoms with E-state index in [1.807, 2.05) is 19.9 Å². The highest BCUT2D eigenvalue weighted by Gasteiger charge is 2.28. The van der Waals surface area contributed by atoms with Crippen LogP contribution in [0.2, 0.25) is 0 Å². The zero-order chi connectivity index (χ0) is 17.0. The number of hydrogen-bond acceptors (Lipinski definition) is 3. The summed E-state index contributed by atoms with van der Waals surface area (Å²) in [6, 6.07) is 7.08. The summed E-state index contributed by atoms with van der Waals surface area (Å²) in [6.45, 7) is 6.62. The van der Waals surface area contributed by atoms with Crippen LogP contribution in [0.25, 0.3) is 0 Å². The molecule has 1 aromatic carbocycles. The molecule has 0 radical (unpaired) electrons. The van der Waals surface area contributed by atoms with Crippen molar-refractivity contribution < 1.29 is 14.7 Å². The van der Waals surface area contributed by atoms with Crippen molar-refractivity contribution >= 4 is 17.5 Å². The van der Waals surface area contributed by atoms with Crippen LogP contribution in [0.1, 0.15) is 50.4 Å². The van der Waals surface area contributed by atoms with E-state index < -0.39 is 5.60 Å². The summed E-state index contributed by atoms with van der Waals surface area (Å²) >= 11 is 0. The third-order valence-corrected chi connectivity index (χ3v) is 4.77. The molecule has 1 aromatic rings. The highest BCUT2D eigenvalue weighted by Crippen LogP contribution is 2.23. The van der Waals surface area contributed by atoms with E-state index in [0.29, 0.717) is 18.5 Å². The molecule has 2 N–H and O–H groups in total. The number of rotatable bonds is 6. The van der Waals surface area contributed by atoms with Crippen molar-refractivity contribution in [3.05, 3.63) is 29.8 Å². The Morgan fingerprint density at radius 2 is 2.22 bits per heavy atom. The van der Waals surface area contributed by atoms with E-state index in [2.05, 4.69) is 5.32 Å². The number of aliphatic hydroxyl groups is 1. The number of nitrogens with one attached hydrogen (secondary N) is 1. The van der Waals surface area contributed by atoms with E-state index in [1.165, 1.54) is 0 Å². The molecule has 1 saturated heterocycles. The molecule has 2 unspecified atom stereocenters. The maximum atomic E-state index is 12.3. The zero-order valence-corrected chi connectivity index (χ0v) is 14.1. The molecule has 5 heteroatoms. The predicted molar refractivity (Wildman–Crippen MR) is 90.4 cm³/mol. The Kier molecular flexibility index (Phi) is 5.42. The first-order chi connectivity index (χ1) is 10.8. The maximum absolute atomic E-state index is 12.3. The molecular formula is C18H26N2O3. The highest BCUT2D eigenvalue weighted by atomic mass is 16.3. The molecule has 2 rings (SSSR count). The summed E-state index contributed by atoms with van der Waals surface area (Å²) in [5, 5.41) is 13.2. The Morgan fingerprint density at radius 3 is 2.83 bits per heavy atom. The molecule has 5 nitrogen and oxygen atoms in total. The molecular weight excluding hydrogens is 292 g/mol. The van der Waals surface area contributed by atoms with Gasteiger partial charge in [-0.25, -0.2) is 0 Å². The van der Waals surface area contributed by atoms with Crippen LogP contribution in [0, 0.1) is 5.92 Å². The van der Waals surface area contributed by atoms with Crippen molar-refractivity contribution in [2.75, 3.05) is 18.0 Å². The summed E-state index contributed by atoms with van der Waals surface area (Å²) in [5.41, 5.74) is 0.323. The number of carbonyl (C=O) groups excluding carboxylic acids is 2. The van der Waals surface area contributed by atoms with Gasteiger partial charge in [0.1, 0.15) is 0 Å². The van der Waals surface area contributed by atoms with Gasteiger partial charge in [-0.2, -0.15) is 0 Å². The molecule has 0 saturated carbocycles. The summed E-state index contributed by atoms with van der Waals surface area (Å²) in [4.78, 5) is 25.9. The van der Waals surface area contributed by atoms with Gasteiger partial charge in [0.2, 0.25) is 5.91 Å². The standard InChI is InChI=1S/C18H26N2O3/c1-4-13(2)18(3,23)12-19-17(22)14-7-5-8-15(11-14)20-10-6-9-16(20)21/h5,7-8,11,13,23H,4,6,9-10,12H2,1-3H3,(H,19,22). The van der Waals surface area contributed by atoms with Crippen LogP contribution in [0.5, 0.6) is 0 Å². The van der Waals surface area contributed by atoms with Crippen LogP contribution in [-0.4, -0.2) is 35.6 Å².